The molecule has 0 unspecified atom stereocenters. The second-order valence-electron chi connectivity index (χ2n) is 7.69. The SMILES string of the molecule is O=C(CCc1ccc(S(=O)(=O)N2CCCCCC2)cc1)NCCc1cccc(Cl)c1. The smallest absolute Gasteiger partial charge is 0.243 e. The quantitative estimate of drug-likeness (QED) is 0.658. The molecule has 0 saturated carbocycles. The Morgan fingerprint density at radius 3 is 2.30 bits per heavy atom. The van der Waals surface area contributed by atoms with Crippen LogP contribution in [0.25, 0.3) is 0 Å². The van der Waals surface area contributed by atoms with Crippen molar-refractivity contribution in [3.05, 3.63) is 64.7 Å². The fourth-order valence-corrected chi connectivity index (χ4v) is 5.37. The Balaban J connectivity index is 1.46. The van der Waals surface area contributed by atoms with Crippen LogP contribution in [0.15, 0.2) is 53.4 Å². The summed E-state index contributed by atoms with van der Waals surface area (Å²) in [5.74, 6) is -0.0155. The minimum atomic E-state index is -3.43. The Kier molecular flexibility index (Phi) is 8.31. The van der Waals surface area contributed by atoms with Crippen LogP contribution < -0.4 is 5.32 Å². The number of rotatable bonds is 8. The zero-order valence-electron chi connectivity index (χ0n) is 17.1. The van der Waals surface area contributed by atoms with Crippen molar-refractivity contribution >= 4 is 27.5 Å². The molecule has 1 amide bonds. The molecule has 1 saturated heterocycles. The van der Waals surface area contributed by atoms with E-state index in [-0.39, 0.29) is 5.91 Å². The maximum atomic E-state index is 12.8. The maximum absolute atomic E-state index is 12.8. The van der Waals surface area contributed by atoms with E-state index in [2.05, 4.69) is 5.32 Å². The first-order valence-corrected chi connectivity index (χ1v) is 12.4. The number of amides is 1. The molecule has 0 radical (unpaired) electrons. The van der Waals surface area contributed by atoms with Crippen LogP contribution in [0.2, 0.25) is 5.02 Å². The number of benzene rings is 2. The summed E-state index contributed by atoms with van der Waals surface area (Å²) in [6.07, 6.45) is 5.70. The van der Waals surface area contributed by atoms with E-state index < -0.39 is 10.0 Å². The summed E-state index contributed by atoms with van der Waals surface area (Å²) in [7, 11) is -3.43. The molecule has 0 aliphatic carbocycles. The summed E-state index contributed by atoms with van der Waals surface area (Å²) >= 11 is 5.97. The molecule has 1 aliphatic rings. The summed E-state index contributed by atoms with van der Waals surface area (Å²) in [6, 6.07) is 14.5. The molecule has 2 aromatic carbocycles. The van der Waals surface area contributed by atoms with Crippen molar-refractivity contribution in [1.29, 1.82) is 0 Å². The van der Waals surface area contributed by atoms with Crippen molar-refractivity contribution in [3.63, 3.8) is 0 Å². The minimum Gasteiger partial charge on any atom is -0.356 e. The highest BCUT2D eigenvalue weighted by atomic mass is 35.5. The Morgan fingerprint density at radius 1 is 0.933 bits per heavy atom. The number of carbonyl (C=O) groups excluding carboxylic acids is 1. The van der Waals surface area contributed by atoms with Crippen LogP contribution in [0.1, 0.15) is 43.2 Å². The van der Waals surface area contributed by atoms with Gasteiger partial charge in [-0.25, -0.2) is 8.42 Å². The summed E-state index contributed by atoms with van der Waals surface area (Å²) in [5.41, 5.74) is 2.04. The van der Waals surface area contributed by atoms with E-state index in [1.165, 1.54) is 0 Å². The van der Waals surface area contributed by atoms with Gasteiger partial charge in [-0.15, -0.1) is 0 Å². The lowest BCUT2D eigenvalue weighted by molar-refractivity contribution is -0.121. The fourth-order valence-electron chi connectivity index (χ4n) is 3.64. The van der Waals surface area contributed by atoms with Crippen LogP contribution in [-0.4, -0.2) is 38.3 Å². The third-order valence-electron chi connectivity index (χ3n) is 5.39. The van der Waals surface area contributed by atoms with Crippen molar-refractivity contribution in [1.82, 2.24) is 9.62 Å². The Labute approximate surface area is 184 Å². The molecule has 3 rings (SSSR count). The second-order valence-corrected chi connectivity index (χ2v) is 10.1. The van der Waals surface area contributed by atoms with Gasteiger partial charge in [-0.3, -0.25) is 4.79 Å². The highest BCUT2D eigenvalue weighted by Crippen LogP contribution is 2.21. The van der Waals surface area contributed by atoms with Gasteiger partial charge in [0.1, 0.15) is 0 Å². The van der Waals surface area contributed by atoms with Gasteiger partial charge < -0.3 is 5.32 Å². The molecule has 5 nitrogen and oxygen atoms in total. The molecule has 0 spiro atoms. The van der Waals surface area contributed by atoms with Gasteiger partial charge in [-0.2, -0.15) is 4.31 Å². The van der Waals surface area contributed by atoms with Crippen LogP contribution in [0.5, 0.6) is 0 Å². The lowest BCUT2D eigenvalue weighted by Gasteiger charge is -2.20. The molecule has 0 bridgehead atoms. The molecule has 7 heteroatoms. The zero-order chi connectivity index (χ0) is 21.4. The van der Waals surface area contributed by atoms with E-state index in [0.717, 1.165) is 43.2 Å². The number of halogens is 1. The predicted octanol–water partition coefficient (Wildman–Crippen LogP) is 4.20. The van der Waals surface area contributed by atoms with Crippen LogP contribution in [0, 0.1) is 0 Å². The maximum Gasteiger partial charge on any atom is 0.243 e. The van der Waals surface area contributed by atoms with Crippen molar-refractivity contribution < 1.29 is 13.2 Å². The molecule has 30 heavy (non-hydrogen) atoms. The average molecular weight is 449 g/mol. The first-order valence-electron chi connectivity index (χ1n) is 10.6. The molecule has 1 N–H and O–H groups in total. The summed E-state index contributed by atoms with van der Waals surface area (Å²) in [6.45, 7) is 1.76. The normalized spacial score (nSPS) is 15.5. The summed E-state index contributed by atoms with van der Waals surface area (Å²) < 4.78 is 27.3. The van der Waals surface area contributed by atoms with E-state index >= 15 is 0 Å². The number of aryl methyl sites for hydroxylation is 1. The van der Waals surface area contributed by atoms with Crippen molar-refractivity contribution in [3.8, 4) is 0 Å². The van der Waals surface area contributed by atoms with Crippen LogP contribution in [-0.2, 0) is 27.7 Å². The number of sulfonamides is 1. The monoisotopic (exact) mass is 448 g/mol. The van der Waals surface area contributed by atoms with Crippen LogP contribution >= 0.6 is 11.6 Å². The van der Waals surface area contributed by atoms with Gasteiger partial charge in [0.05, 0.1) is 4.90 Å². The fraction of sp³-hybridized carbons (Fsp3) is 0.435. The van der Waals surface area contributed by atoms with Gasteiger partial charge >= 0.3 is 0 Å². The first kappa shape index (κ1) is 22.8. The standard InChI is InChI=1S/C23H29ClN2O3S/c24-21-7-5-6-20(18-21)14-15-25-23(27)13-10-19-8-11-22(12-9-19)30(28,29)26-16-3-1-2-4-17-26/h5-9,11-12,18H,1-4,10,13-17H2,(H,25,27). The Morgan fingerprint density at radius 2 is 1.63 bits per heavy atom. The van der Waals surface area contributed by atoms with E-state index in [1.807, 2.05) is 36.4 Å². The largest absolute Gasteiger partial charge is 0.356 e. The third-order valence-corrected chi connectivity index (χ3v) is 7.54. The van der Waals surface area contributed by atoms with E-state index in [1.54, 1.807) is 16.4 Å². The second kappa shape index (κ2) is 10.9. The van der Waals surface area contributed by atoms with Crippen LogP contribution in [0.4, 0.5) is 0 Å². The van der Waals surface area contributed by atoms with Gasteiger partial charge in [0.2, 0.25) is 15.9 Å². The molecular formula is C23H29ClN2O3S. The number of nitrogens with one attached hydrogen (secondary N) is 1. The van der Waals surface area contributed by atoms with Crippen molar-refractivity contribution in [2.75, 3.05) is 19.6 Å². The molecule has 0 atom stereocenters. The van der Waals surface area contributed by atoms with Gasteiger partial charge in [-0.1, -0.05) is 48.7 Å². The molecule has 2 aromatic rings. The van der Waals surface area contributed by atoms with Crippen LogP contribution in [0.3, 0.4) is 0 Å². The molecule has 162 valence electrons. The van der Waals surface area contributed by atoms with Gasteiger partial charge in [0.15, 0.2) is 0 Å². The highest BCUT2D eigenvalue weighted by Gasteiger charge is 2.24. The molecule has 1 fully saturated rings. The number of hydrogen-bond donors (Lipinski definition) is 1. The summed E-state index contributed by atoms with van der Waals surface area (Å²) in [5, 5.41) is 3.62. The number of nitrogens with zero attached hydrogens (tertiary/aromatic N) is 1. The van der Waals surface area contributed by atoms with Crippen molar-refractivity contribution in [2.24, 2.45) is 0 Å². The lowest BCUT2D eigenvalue weighted by atomic mass is 10.1. The molecule has 0 aromatic heterocycles. The van der Waals surface area contributed by atoms with Crippen molar-refractivity contribution in [2.45, 2.75) is 49.8 Å². The van der Waals surface area contributed by atoms with E-state index in [0.29, 0.717) is 42.4 Å². The van der Waals surface area contributed by atoms with Gasteiger partial charge in [-0.05, 0) is 61.1 Å². The summed E-state index contributed by atoms with van der Waals surface area (Å²) in [4.78, 5) is 12.4. The van der Waals surface area contributed by atoms with E-state index in [4.69, 9.17) is 11.6 Å². The van der Waals surface area contributed by atoms with Gasteiger partial charge in [0.25, 0.3) is 0 Å². The third kappa shape index (κ3) is 6.56. The average Bonchev–Trinajstić information content (AvgIpc) is 3.03. The Hall–Kier alpha value is -1.89. The number of hydrogen-bond acceptors (Lipinski definition) is 3. The number of carbonyl (C=O) groups is 1. The zero-order valence-corrected chi connectivity index (χ0v) is 18.7. The highest BCUT2D eigenvalue weighted by molar-refractivity contribution is 7.89. The first-order chi connectivity index (χ1) is 14.4. The topological polar surface area (TPSA) is 66.5 Å². The predicted molar refractivity (Wildman–Crippen MR) is 120 cm³/mol. The Bertz CT molecular complexity index is 937. The lowest BCUT2D eigenvalue weighted by Crippen LogP contribution is -2.31. The minimum absolute atomic E-state index is 0.0155. The van der Waals surface area contributed by atoms with Gasteiger partial charge in [0, 0.05) is 31.1 Å². The van der Waals surface area contributed by atoms with E-state index in [9.17, 15) is 13.2 Å². The molecule has 1 heterocycles. The molecule has 1 aliphatic heterocycles. The molecular weight excluding hydrogens is 420 g/mol.